The number of fused-ring (bicyclic) bond motifs is 1. The van der Waals surface area contributed by atoms with Crippen LogP contribution in [0.3, 0.4) is 0 Å². The molecule has 0 unspecified atom stereocenters. The van der Waals surface area contributed by atoms with E-state index < -0.39 is 0 Å². The second-order valence-electron chi connectivity index (χ2n) is 4.49. The summed E-state index contributed by atoms with van der Waals surface area (Å²) in [5.74, 6) is -0.0420. The predicted octanol–water partition coefficient (Wildman–Crippen LogP) is 2.17. The molecule has 3 heteroatoms. The van der Waals surface area contributed by atoms with Crippen molar-refractivity contribution in [3.05, 3.63) is 53.1 Å². The lowest BCUT2D eigenvalue weighted by Crippen LogP contribution is -2.25. The molecule has 1 fully saturated rings. The summed E-state index contributed by atoms with van der Waals surface area (Å²) in [6.07, 6.45) is 1.96. The number of hydrazine groups is 1. The Bertz CT molecular complexity index is 659. The Morgan fingerprint density at radius 3 is 2.61 bits per heavy atom. The second kappa shape index (κ2) is 4.27. The molecule has 0 bridgehead atoms. The van der Waals surface area contributed by atoms with Gasteiger partial charge in [0.2, 0.25) is 0 Å². The molecule has 18 heavy (non-hydrogen) atoms. The van der Waals surface area contributed by atoms with Crippen molar-refractivity contribution in [1.29, 1.82) is 0 Å². The molecule has 3 rings (SSSR count). The van der Waals surface area contributed by atoms with Gasteiger partial charge in [-0.2, -0.15) is 0 Å². The highest BCUT2D eigenvalue weighted by Crippen LogP contribution is 2.24. The smallest absolute Gasteiger partial charge is 0.262 e. The highest BCUT2D eigenvalue weighted by Gasteiger charge is 2.15. The zero-order valence-corrected chi connectivity index (χ0v) is 10.2. The number of carbonyl (C=O) groups excluding carboxylic acids is 1. The zero-order chi connectivity index (χ0) is 12.5. The van der Waals surface area contributed by atoms with Gasteiger partial charge in [-0.15, -0.1) is 0 Å². The number of nitrogens with one attached hydrogen (secondary N) is 2. The number of aryl methyl sites for hydroxylation is 1. The molecule has 1 heterocycles. The normalized spacial score (nSPS) is 17.4. The maximum absolute atomic E-state index is 11.5. The van der Waals surface area contributed by atoms with Gasteiger partial charge in [0.15, 0.2) is 0 Å². The third-order valence-corrected chi connectivity index (χ3v) is 3.28. The Morgan fingerprint density at radius 1 is 1.11 bits per heavy atom. The number of rotatable bonds is 1. The average Bonchev–Trinajstić information content (AvgIpc) is 2.79. The lowest BCUT2D eigenvalue weighted by atomic mass is 9.99. The summed E-state index contributed by atoms with van der Waals surface area (Å²) in [6.45, 7) is 2.67. The molecule has 1 aliphatic heterocycles. The minimum Gasteiger partial charge on any atom is -0.287 e. The van der Waals surface area contributed by atoms with Crippen LogP contribution in [0.25, 0.3) is 16.8 Å². The first-order valence-electron chi connectivity index (χ1n) is 5.98. The Morgan fingerprint density at radius 2 is 1.89 bits per heavy atom. The lowest BCUT2D eigenvalue weighted by Gasteiger charge is -2.06. The van der Waals surface area contributed by atoms with E-state index in [1.54, 1.807) is 0 Å². The summed E-state index contributed by atoms with van der Waals surface area (Å²) >= 11 is 0. The number of carbonyl (C=O) groups is 1. The SMILES string of the molecule is Cc1ccc(/C=C2\CNNC2=O)c2ccccc12. The van der Waals surface area contributed by atoms with Crippen molar-refractivity contribution in [2.75, 3.05) is 6.54 Å². The summed E-state index contributed by atoms with van der Waals surface area (Å²) in [6, 6.07) is 12.4. The topological polar surface area (TPSA) is 41.1 Å². The van der Waals surface area contributed by atoms with Crippen molar-refractivity contribution >= 4 is 22.8 Å². The fourth-order valence-electron chi connectivity index (χ4n) is 2.28. The van der Waals surface area contributed by atoms with Crippen LogP contribution in [-0.4, -0.2) is 12.5 Å². The molecule has 0 saturated carbocycles. The first-order valence-corrected chi connectivity index (χ1v) is 5.98. The van der Waals surface area contributed by atoms with Crippen molar-refractivity contribution in [3.8, 4) is 0 Å². The fourth-order valence-corrected chi connectivity index (χ4v) is 2.28. The van der Waals surface area contributed by atoms with Crippen LogP contribution in [0.1, 0.15) is 11.1 Å². The third kappa shape index (κ3) is 1.79. The van der Waals surface area contributed by atoms with E-state index >= 15 is 0 Å². The molecule has 2 N–H and O–H groups in total. The third-order valence-electron chi connectivity index (χ3n) is 3.28. The summed E-state index contributed by atoms with van der Waals surface area (Å²) < 4.78 is 0. The van der Waals surface area contributed by atoms with E-state index in [0.29, 0.717) is 6.54 Å². The van der Waals surface area contributed by atoms with Gasteiger partial charge in [0, 0.05) is 12.1 Å². The van der Waals surface area contributed by atoms with Gasteiger partial charge in [-0.1, -0.05) is 36.4 Å². The lowest BCUT2D eigenvalue weighted by molar-refractivity contribution is -0.116. The highest BCUT2D eigenvalue weighted by atomic mass is 16.2. The maximum Gasteiger partial charge on any atom is 0.262 e. The largest absolute Gasteiger partial charge is 0.287 e. The van der Waals surface area contributed by atoms with Crippen molar-refractivity contribution in [2.24, 2.45) is 0 Å². The van der Waals surface area contributed by atoms with E-state index in [4.69, 9.17) is 0 Å². The summed E-state index contributed by atoms with van der Waals surface area (Å²) in [4.78, 5) is 11.5. The van der Waals surface area contributed by atoms with Gasteiger partial charge in [-0.25, -0.2) is 5.43 Å². The molecule has 2 aromatic rings. The van der Waals surface area contributed by atoms with Crippen LogP contribution in [-0.2, 0) is 4.79 Å². The molecule has 1 saturated heterocycles. The molecule has 90 valence electrons. The highest BCUT2D eigenvalue weighted by molar-refractivity contribution is 6.02. The van der Waals surface area contributed by atoms with Crippen LogP contribution >= 0.6 is 0 Å². The average molecular weight is 238 g/mol. The van der Waals surface area contributed by atoms with Crippen LogP contribution in [0, 0.1) is 6.92 Å². The van der Waals surface area contributed by atoms with E-state index in [-0.39, 0.29) is 5.91 Å². The molecule has 0 aromatic heterocycles. The second-order valence-corrected chi connectivity index (χ2v) is 4.49. The molecular weight excluding hydrogens is 224 g/mol. The van der Waals surface area contributed by atoms with Gasteiger partial charge < -0.3 is 0 Å². The molecule has 0 atom stereocenters. The number of benzene rings is 2. The minimum absolute atomic E-state index is 0.0420. The summed E-state index contributed by atoms with van der Waals surface area (Å²) in [5, 5.41) is 2.42. The zero-order valence-electron chi connectivity index (χ0n) is 10.2. The first kappa shape index (κ1) is 11.0. The first-order chi connectivity index (χ1) is 8.75. The molecule has 3 nitrogen and oxygen atoms in total. The molecule has 2 aromatic carbocycles. The summed E-state index contributed by atoms with van der Waals surface area (Å²) in [7, 11) is 0. The molecule has 1 amide bonds. The number of amides is 1. The Balaban J connectivity index is 2.18. The maximum atomic E-state index is 11.5. The van der Waals surface area contributed by atoms with Crippen molar-refractivity contribution in [2.45, 2.75) is 6.92 Å². The quantitative estimate of drug-likeness (QED) is 0.747. The van der Waals surface area contributed by atoms with E-state index in [9.17, 15) is 4.79 Å². The molecular formula is C15H14N2O. The van der Waals surface area contributed by atoms with Crippen LogP contribution in [0.4, 0.5) is 0 Å². The van der Waals surface area contributed by atoms with Crippen molar-refractivity contribution in [1.82, 2.24) is 10.9 Å². The molecule has 1 aliphatic rings. The van der Waals surface area contributed by atoms with Gasteiger partial charge >= 0.3 is 0 Å². The summed E-state index contributed by atoms with van der Waals surface area (Å²) in [5.41, 5.74) is 8.53. The van der Waals surface area contributed by atoms with Gasteiger partial charge in [-0.3, -0.25) is 10.2 Å². The van der Waals surface area contributed by atoms with E-state index in [0.717, 1.165) is 11.1 Å². The molecule has 0 spiro atoms. The van der Waals surface area contributed by atoms with E-state index in [2.05, 4.69) is 42.0 Å². The Kier molecular flexibility index (Phi) is 2.61. The molecule has 0 radical (unpaired) electrons. The van der Waals surface area contributed by atoms with Gasteiger partial charge in [0.05, 0.1) is 0 Å². The Hall–Kier alpha value is -2.13. The standard InChI is InChI=1S/C15H14N2O/c1-10-6-7-11(8-12-9-16-17-15(12)18)14-5-3-2-4-13(10)14/h2-8,16H,9H2,1H3,(H,17,18)/b12-8+. The molecule has 0 aliphatic carbocycles. The Labute approximate surface area is 105 Å². The van der Waals surface area contributed by atoms with Crippen LogP contribution in [0.15, 0.2) is 42.0 Å². The number of hydrogen-bond acceptors (Lipinski definition) is 2. The van der Waals surface area contributed by atoms with Gasteiger partial charge in [0.1, 0.15) is 0 Å². The van der Waals surface area contributed by atoms with Gasteiger partial charge in [-0.05, 0) is 34.9 Å². The van der Waals surface area contributed by atoms with Crippen molar-refractivity contribution < 1.29 is 4.79 Å². The fraction of sp³-hybridized carbons (Fsp3) is 0.133. The number of hydrogen-bond donors (Lipinski definition) is 2. The van der Waals surface area contributed by atoms with Gasteiger partial charge in [0.25, 0.3) is 5.91 Å². The minimum atomic E-state index is -0.0420. The van der Waals surface area contributed by atoms with Crippen LogP contribution < -0.4 is 10.9 Å². The van der Waals surface area contributed by atoms with Crippen LogP contribution in [0.2, 0.25) is 0 Å². The monoisotopic (exact) mass is 238 g/mol. The predicted molar refractivity (Wildman–Crippen MR) is 72.8 cm³/mol. The van der Waals surface area contributed by atoms with Crippen LogP contribution in [0.5, 0.6) is 0 Å². The van der Waals surface area contributed by atoms with Crippen molar-refractivity contribution in [3.63, 3.8) is 0 Å². The van der Waals surface area contributed by atoms with E-state index in [1.165, 1.54) is 16.3 Å². The van der Waals surface area contributed by atoms with E-state index in [1.807, 2.05) is 18.2 Å².